The molecule has 1 rings (SSSR count). The summed E-state index contributed by atoms with van der Waals surface area (Å²) in [5, 5.41) is 5.86. The summed E-state index contributed by atoms with van der Waals surface area (Å²) in [5.41, 5.74) is 0.953. The van der Waals surface area contributed by atoms with Crippen molar-refractivity contribution < 1.29 is 14.3 Å². The summed E-state index contributed by atoms with van der Waals surface area (Å²) in [6.07, 6.45) is 4.62. The SMILES string of the molecule is CCC=C(NC)[C@@H](CCC(=O)N1CCOCC1)NC=O. The third-order valence-electron chi connectivity index (χ3n) is 3.37. The lowest BCUT2D eigenvalue weighted by Crippen LogP contribution is -2.42. The maximum atomic E-state index is 12.1. The Morgan fingerprint density at radius 1 is 1.40 bits per heavy atom. The van der Waals surface area contributed by atoms with Gasteiger partial charge in [0.25, 0.3) is 0 Å². The molecule has 0 aromatic rings. The number of likely N-dealkylation sites (N-methyl/N-ethyl adjacent to an activating group) is 1. The van der Waals surface area contributed by atoms with Crippen molar-refractivity contribution in [1.82, 2.24) is 15.5 Å². The first kappa shape index (κ1) is 16.5. The number of hydrogen-bond acceptors (Lipinski definition) is 4. The fourth-order valence-electron chi connectivity index (χ4n) is 2.29. The number of morpholine rings is 1. The van der Waals surface area contributed by atoms with Crippen LogP contribution in [-0.4, -0.2) is 56.6 Å². The van der Waals surface area contributed by atoms with Crippen molar-refractivity contribution in [2.24, 2.45) is 0 Å². The van der Waals surface area contributed by atoms with Crippen molar-refractivity contribution >= 4 is 12.3 Å². The average Bonchev–Trinajstić information content (AvgIpc) is 2.50. The van der Waals surface area contributed by atoms with Gasteiger partial charge in [-0.25, -0.2) is 0 Å². The molecule has 6 heteroatoms. The standard InChI is InChI=1S/C14H25N3O3/c1-3-4-12(15-2)13(16-11-18)5-6-14(19)17-7-9-20-10-8-17/h4,11,13,15H,3,5-10H2,1-2H3,(H,16,18)/t13-/m1/s1. The number of rotatable bonds is 8. The second-order valence-electron chi connectivity index (χ2n) is 4.69. The van der Waals surface area contributed by atoms with Crippen molar-refractivity contribution in [3.05, 3.63) is 11.8 Å². The Kier molecular flexibility index (Phi) is 7.72. The minimum absolute atomic E-state index is 0.123. The number of carbonyl (C=O) groups excluding carboxylic acids is 2. The largest absolute Gasteiger partial charge is 0.390 e. The van der Waals surface area contributed by atoms with Crippen LogP contribution in [0, 0.1) is 0 Å². The van der Waals surface area contributed by atoms with E-state index < -0.39 is 0 Å². The Hall–Kier alpha value is -1.56. The zero-order valence-electron chi connectivity index (χ0n) is 12.4. The molecule has 1 saturated heterocycles. The van der Waals surface area contributed by atoms with Gasteiger partial charge in [-0.15, -0.1) is 0 Å². The molecule has 0 bridgehead atoms. The van der Waals surface area contributed by atoms with E-state index in [9.17, 15) is 9.59 Å². The topological polar surface area (TPSA) is 70.7 Å². The summed E-state index contributed by atoms with van der Waals surface area (Å²) in [7, 11) is 1.82. The molecule has 0 saturated carbocycles. The van der Waals surface area contributed by atoms with Crippen LogP contribution in [0.1, 0.15) is 26.2 Å². The van der Waals surface area contributed by atoms with E-state index >= 15 is 0 Å². The first-order chi connectivity index (χ1) is 9.72. The molecule has 1 atom stereocenters. The number of nitrogens with one attached hydrogen (secondary N) is 2. The van der Waals surface area contributed by atoms with Crippen molar-refractivity contribution in [3.63, 3.8) is 0 Å². The molecule has 20 heavy (non-hydrogen) atoms. The van der Waals surface area contributed by atoms with Gasteiger partial charge in [-0.05, 0) is 12.8 Å². The first-order valence-corrected chi connectivity index (χ1v) is 7.16. The van der Waals surface area contributed by atoms with Gasteiger partial charge in [0.15, 0.2) is 0 Å². The van der Waals surface area contributed by atoms with Crippen molar-refractivity contribution in [1.29, 1.82) is 0 Å². The monoisotopic (exact) mass is 283 g/mol. The van der Waals surface area contributed by atoms with Crippen LogP contribution in [0.2, 0.25) is 0 Å². The van der Waals surface area contributed by atoms with Crippen LogP contribution < -0.4 is 10.6 Å². The van der Waals surface area contributed by atoms with E-state index in [2.05, 4.69) is 10.6 Å². The Balaban J connectivity index is 2.50. The van der Waals surface area contributed by atoms with Gasteiger partial charge in [0.1, 0.15) is 0 Å². The van der Waals surface area contributed by atoms with E-state index in [1.54, 1.807) is 0 Å². The normalized spacial score (nSPS) is 17.5. The predicted molar refractivity (Wildman–Crippen MR) is 77.1 cm³/mol. The van der Waals surface area contributed by atoms with Gasteiger partial charge < -0.3 is 20.3 Å². The van der Waals surface area contributed by atoms with Gasteiger partial charge in [0, 0.05) is 32.3 Å². The van der Waals surface area contributed by atoms with E-state index in [1.165, 1.54) is 0 Å². The maximum absolute atomic E-state index is 12.1. The van der Waals surface area contributed by atoms with Gasteiger partial charge in [-0.2, -0.15) is 0 Å². The average molecular weight is 283 g/mol. The number of nitrogens with zero attached hydrogens (tertiary/aromatic N) is 1. The fourth-order valence-corrected chi connectivity index (χ4v) is 2.29. The van der Waals surface area contributed by atoms with Crippen molar-refractivity contribution in [3.8, 4) is 0 Å². The lowest BCUT2D eigenvalue weighted by molar-refractivity contribution is -0.135. The minimum atomic E-state index is -0.137. The molecule has 0 aromatic heterocycles. The zero-order valence-corrected chi connectivity index (χ0v) is 12.4. The Morgan fingerprint density at radius 2 is 2.10 bits per heavy atom. The Labute approximate surface area is 120 Å². The molecule has 2 amide bonds. The summed E-state index contributed by atoms with van der Waals surface area (Å²) in [6.45, 7) is 4.58. The summed E-state index contributed by atoms with van der Waals surface area (Å²) >= 11 is 0. The Bertz CT molecular complexity index is 339. The van der Waals surface area contributed by atoms with E-state index in [4.69, 9.17) is 4.74 Å². The fraction of sp³-hybridized carbons (Fsp3) is 0.714. The molecule has 2 N–H and O–H groups in total. The van der Waals surface area contributed by atoms with Gasteiger partial charge in [0.05, 0.1) is 19.3 Å². The van der Waals surface area contributed by atoms with Crippen LogP contribution in [-0.2, 0) is 14.3 Å². The molecular formula is C14H25N3O3. The zero-order chi connectivity index (χ0) is 14.8. The highest BCUT2D eigenvalue weighted by molar-refractivity contribution is 5.76. The van der Waals surface area contributed by atoms with Crippen LogP contribution in [0.3, 0.4) is 0 Å². The van der Waals surface area contributed by atoms with Gasteiger partial charge in [-0.1, -0.05) is 13.0 Å². The molecule has 0 aromatic carbocycles. The second kappa shape index (κ2) is 9.36. The number of amides is 2. The molecule has 114 valence electrons. The molecule has 1 fully saturated rings. The molecule has 0 unspecified atom stereocenters. The lowest BCUT2D eigenvalue weighted by atomic mass is 10.1. The summed E-state index contributed by atoms with van der Waals surface area (Å²) in [5.74, 6) is 0.123. The van der Waals surface area contributed by atoms with Crippen LogP contribution in [0.15, 0.2) is 11.8 Å². The highest BCUT2D eigenvalue weighted by atomic mass is 16.5. The third-order valence-corrected chi connectivity index (χ3v) is 3.37. The summed E-state index contributed by atoms with van der Waals surface area (Å²) < 4.78 is 5.23. The summed E-state index contributed by atoms with van der Waals surface area (Å²) in [6, 6.07) is -0.137. The predicted octanol–water partition coefficient (Wildman–Crippen LogP) is 0.253. The number of carbonyl (C=O) groups is 2. The van der Waals surface area contributed by atoms with Crippen LogP contribution in [0.4, 0.5) is 0 Å². The number of allylic oxidation sites excluding steroid dienone is 1. The maximum Gasteiger partial charge on any atom is 0.222 e. The van der Waals surface area contributed by atoms with Crippen LogP contribution >= 0.6 is 0 Å². The molecular weight excluding hydrogens is 258 g/mol. The van der Waals surface area contributed by atoms with Crippen molar-refractivity contribution in [2.75, 3.05) is 33.4 Å². The molecule has 0 spiro atoms. The highest BCUT2D eigenvalue weighted by Gasteiger charge is 2.19. The quantitative estimate of drug-likeness (QED) is 0.627. The molecule has 1 aliphatic rings. The Morgan fingerprint density at radius 3 is 2.65 bits per heavy atom. The molecule has 0 radical (unpaired) electrons. The van der Waals surface area contributed by atoms with E-state index in [-0.39, 0.29) is 11.9 Å². The van der Waals surface area contributed by atoms with E-state index in [0.717, 1.165) is 12.1 Å². The number of ether oxygens (including phenoxy) is 1. The van der Waals surface area contributed by atoms with Gasteiger partial charge in [0.2, 0.25) is 12.3 Å². The first-order valence-electron chi connectivity index (χ1n) is 7.16. The van der Waals surface area contributed by atoms with Gasteiger partial charge in [-0.3, -0.25) is 9.59 Å². The molecule has 0 aliphatic carbocycles. The van der Waals surface area contributed by atoms with Crippen LogP contribution in [0.5, 0.6) is 0 Å². The van der Waals surface area contributed by atoms with Crippen molar-refractivity contribution in [2.45, 2.75) is 32.2 Å². The third kappa shape index (κ3) is 5.21. The highest BCUT2D eigenvalue weighted by Crippen LogP contribution is 2.10. The summed E-state index contributed by atoms with van der Waals surface area (Å²) in [4.78, 5) is 24.6. The van der Waals surface area contributed by atoms with Gasteiger partial charge >= 0.3 is 0 Å². The molecule has 1 heterocycles. The minimum Gasteiger partial charge on any atom is -0.390 e. The molecule has 6 nitrogen and oxygen atoms in total. The van der Waals surface area contributed by atoms with Crippen LogP contribution in [0.25, 0.3) is 0 Å². The smallest absolute Gasteiger partial charge is 0.222 e. The number of hydrogen-bond donors (Lipinski definition) is 2. The second-order valence-corrected chi connectivity index (χ2v) is 4.69. The lowest BCUT2D eigenvalue weighted by Gasteiger charge is -2.28. The molecule has 1 aliphatic heterocycles. The van der Waals surface area contributed by atoms with E-state index in [1.807, 2.05) is 24.9 Å². The van der Waals surface area contributed by atoms with E-state index in [0.29, 0.717) is 45.6 Å².